The van der Waals surface area contributed by atoms with Crippen LogP contribution >= 0.6 is 0 Å². The van der Waals surface area contributed by atoms with Gasteiger partial charge in [-0.2, -0.15) is 0 Å². The molecule has 1 fully saturated rings. The fourth-order valence-electron chi connectivity index (χ4n) is 3.35. The van der Waals surface area contributed by atoms with E-state index in [0.717, 1.165) is 6.54 Å². The number of aryl methyl sites for hydroxylation is 2. The Morgan fingerprint density at radius 2 is 1.81 bits per heavy atom. The Labute approximate surface area is 128 Å². The van der Waals surface area contributed by atoms with Crippen LogP contribution in [0.2, 0.25) is 0 Å². The third kappa shape index (κ3) is 3.30. The highest BCUT2D eigenvalue weighted by atomic mass is 15.2. The van der Waals surface area contributed by atoms with Crippen molar-refractivity contribution in [2.75, 3.05) is 39.8 Å². The van der Waals surface area contributed by atoms with Gasteiger partial charge in [-0.3, -0.25) is 0 Å². The lowest BCUT2D eigenvalue weighted by molar-refractivity contribution is 0.153. The van der Waals surface area contributed by atoms with Crippen LogP contribution in [0.1, 0.15) is 18.9 Å². The second kappa shape index (κ2) is 6.63. The molecule has 0 bridgehead atoms. The lowest BCUT2D eigenvalue weighted by Crippen LogP contribution is -2.44. The van der Waals surface area contributed by atoms with Crippen LogP contribution in [-0.4, -0.2) is 54.1 Å². The molecule has 0 saturated carbocycles. The summed E-state index contributed by atoms with van der Waals surface area (Å²) in [5, 5.41) is 1.44. The molecule has 0 spiro atoms. The van der Waals surface area contributed by atoms with E-state index < -0.39 is 0 Å². The van der Waals surface area contributed by atoms with Crippen LogP contribution in [-0.2, 0) is 13.0 Å². The Morgan fingerprint density at radius 1 is 1.05 bits per heavy atom. The van der Waals surface area contributed by atoms with E-state index in [2.05, 4.69) is 58.8 Å². The van der Waals surface area contributed by atoms with Gasteiger partial charge in [-0.15, -0.1) is 0 Å². The highest BCUT2D eigenvalue weighted by Gasteiger charge is 2.13. The van der Waals surface area contributed by atoms with Crippen molar-refractivity contribution >= 4 is 10.9 Å². The minimum Gasteiger partial charge on any atom is -0.347 e. The molecule has 2 aromatic rings. The second-order valence-electron chi connectivity index (χ2n) is 6.21. The number of hydrogen-bond donors (Lipinski definition) is 0. The van der Waals surface area contributed by atoms with Crippen molar-refractivity contribution in [1.29, 1.82) is 0 Å². The van der Waals surface area contributed by atoms with Crippen molar-refractivity contribution < 1.29 is 0 Å². The van der Waals surface area contributed by atoms with E-state index in [-0.39, 0.29) is 0 Å². The maximum atomic E-state index is 2.61. The number of para-hydroxylation sites is 1. The third-order valence-electron chi connectivity index (χ3n) is 4.73. The van der Waals surface area contributed by atoms with Gasteiger partial charge in [0.2, 0.25) is 0 Å². The molecule has 3 rings (SSSR count). The molecule has 1 saturated heterocycles. The third-order valence-corrected chi connectivity index (χ3v) is 4.73. The van der Waals surface area contributed by atoms with Crippen LogP contribution in [0.4, 0.5) is 0 Å². The van der Waals surface area contributed by atoms with Gasteiger partial charge in [0.1, 0.15) is 0 Å². The summed E-state index contributed by atoms with van der Waals surface area (Å²) in [5.74, 6) is 0. The predicted octanol–water partition coefficient (Wildman–Crippen LogP) is 2.84. The van der Waals surface area contributed by atoms with Crippen LogP contribution < -0.4 is 0 Å². The largest absolute Gasteiger partial charge is 0.347 e. The lowest BCUT2D eigenvalue weighted by Gasteiger charge is -2.32. The first kappa shape index (κ1) is 14.6. The normalized spacial score (nSPS) is 17.6. The van der Waals surface area contributed by atoms with Gasteiger partial charge in [0, 0.05) is 49.8 Å². The van der Waals surface area contributed by atoms with Crippen LogP contribution in [0.3, 0.4) is 0 Å². The monoisotopic (exact) mass is 285 g/mol. The lowest BCUT2D eigenvalue weighted by atomic mass is 10.1. The van der Waals surface area contributed by atoms with E-state index in [9.17, 15) is 0 Å². The number of rotatable bonds is 5. The summed E-state index contributed by atoms with van der Waals surface area (Å²) in [6, 6.07) is 8.81. The average Bonchev–Trinajstić information content (AvgIpc) is 2.88. The second-order valence-corrected chi connectivity index (χ2v) is 6.21. The topological polar surface area (TPSA) is 11.4 Å². The summed E-state index contributed by atoms with van der Waals surface area (Å²) in [6.07, 6.45) is 4.82. The average molecular weight is 285 g/mol. The van der Waals surface area contributed by atoms with Gasteiger partial charge in [-0.25, -0.2) is 0 Å². The first-order valence-corrected chi connectivity index (χ1v) is 8.25. The van der Waals surface area contributed by atoms with Gasteiger partial charge >= 0.3 is 0 Å². The molecule has 0 atom stereocenters. The Kier molecular flexibility index (Phi) is 4.61. The number of fused-ring (bicyclic) bond motifs is 1. The van der Waals surface area contributed by atoms with E-state index in [0.29, 0.717) is 0 Å². The first-order valence-electron chi connectivity index (χ1n) is 8.25. The van der Waals surface area contributed by atoms with Gasteiger partial charge in [-0.05, 0) is 45.0 Å². The quantitative estimate of drug-likeness (QED) is 0.837. The molecule has 21 heavy (non-hydrogen) atoms. The number of benzene rings is 1. The minimum atomic E-state index is 1.05. The minimum absolute atomic E-state index is 1.05. The Balaban J connectivity index is 1.60. The Morgan fingerprint density at radius 3 is 2.57 bits per heavy atom. The van der Waals surface area contributed by atoms with Gasteiger partial charge in [-0.1, -0.05) is 18.2 Å². The van der Waals surface area contributed by atoms with Crippen LogP contribution in [0, 0.1) is 0 Å². The highest BCUT2D eigenvalue weighted by Crippen LogP contribution is 2.22. The van der Waals surface area contributed by atoms with Gasteiger partial charge in [0.05, 0.1) is 0 Å². The van der Waals surface area contributed by atoms with Crippen molar-refractivity contribution in [1.82, 2.24) is 14.4 Å². The molecule has 1 aliphatic rings. The molecule has 0 unspecified atom stereocenters. The zero-order valence-electron chi connectivity index (χ0n) is 13.4. The van der Waals surface area contributed by atoms with E-state index >= 15 is 0 Å². The van der Waals surface area contributed by atoms with Crippen molar-refractivity contribution in [2.24, 2.45) is 0 Å². The zero-order valence-corrected chi connectivity index (χ0v) is 13.4. The number of hydrogen-bond acceptors (Lipinski definition) is 2. The van der Waals surface area contributed by atoms with E-state index in [1.54, 1.807) is 0 Å². The van der Waals surface area contributed by atoms with Crippen LogP contribution in [0.25, 0.3) is 10.9 Å². The molecular weight excluding hydrogens is 258 g/mol. The summed E-state index contributed by atoms with van der Waals surface area (Å²) in [7, 11) is 2.22. The van der Waals surface area contributed by atoms with Crippen molar-refractivity contribution in [3.63, 3.8) is 0 Å². The molecule has 0 aliphatic carbocycles. The molecule has 3 heteroatoms. The summed E-state index contributed by atoms with van der Waals surface area (Å²) in [4.78, 5) is 5.03. The predicted molar refractivity (Wildman–Crippen MR) is 89.9 cm³/mol. The molecule has 2 heterocycles. The standard InChI is InChI=1S/C18H27N3/c1-3-21-15-16(17-8-4-5-9-18(17)21)7-6-10-20-13-11-19(2)12-14-20/h4-5,8-9,15H,3,6-7,10-14H2,1-2H3. The number of aromatic nitrogens is 1. The van der Waals surface area contributed by atoms with E-state index in [4.69, 9.17) is 0 Å². The molecule has 0 amide bonds. The molecule has 1 aromatic heterocycles. The molecular formula is C18H27N3. The molecule has 0 N–H and O–H groups in total. The molecule has 114 valence electrons. The maximum Gasteiger partial charge on any atom is 0.0483 e. The number of likely N-dealkylation sites (N-methyl/N-ethyl adjacent to an activating group) is 1. The highest BCUT2D eigenvalue weighted by molar-refractivity contribution is 5.83. The van der Waals surface area contributed by atoms with E-state index in [1.165, 1.54) is 62.0 Å². The summed E-state index contributed by atoms with van der Waals surface area (Å²) < 4.78 is 2.38. The Bertz CT molecular complexity index is 579. The maximum absolute atomic E-state index is 2.61. The Hall–Kier alpha value is -1.32. The zero-order chi connectivity index (χ0) is 14.7. The molecule has 1 aromatic carbocycles. The summed E-state index contributed by atoms with van der Waals surface area (Å²) >= 11 is 0. The first-order chi connectivity index (χ1) is 10.3. The van der Waals surface area contributed by atoms with E-state index in [1.807, 2.05) is 0 Å². The number of piperazine rings is 1. The van der Waals surface area contributed by atoms with Gasteiger partial charge < -0.3 is 14.4 Å². The summed E-state index contributed by atoms with van der Waals surface area (Å²) in [6.45, 7) is 9.41. The van der Waals surface area contributed by atoms with Crippen molar-refractivity contribution in [2.45, 2.75) is 26.3 Å². The van der Waals surface area contributed by atoms with Gasteiger partial charge in [0.15, 0.2) is 0 Å². The van der Waals surface area contributed by atoms with Crippen LogP contribution in [0.5, 0.6) is 0 Å². The van der Waals surface area contributed by atoms with Gasteiger partial charge in [0.25, 0.3) is 0 Å². The smallest absolute Gasteiger partial charge is 0.0483 e. The molecule has 0 radical (unpaired) electrons. The fourth-order valence-corrected chi connectivity index (χ4v) is 3.35. The van der Waals surface area contributed by atoms with Crippen molar-refractivity contribution in [3.8, 4) is 0 Å². The molecule has 1 aliphatic heterocycles. The SMILES string of the molecule is CCn1cc(CCCN2CCN(C)CC2)c2ccccc21. The summed E-state index contributed by atoms with van der Waals surface area (Å²) in [5.41, 5.74) is 2.90. The van der Waals surface area contributed by atoms with Crippen molar-refractivity contribution in [3.05, 3.63) is 36.0 Å². The fraction of sp³-hybridized carbons (Fsp3) is 0.556. The molecule has 3 nitrogen and oxygen atoms in total. The number of nitrogens with zero attached hydrogens (tertiary/aromatic N) is 3. The van der Waals surface area contributed by atoms with Crippen LogP contribution in [0.15, 0.2) is 30.5 Å².